The number of halogens is 1. The van der Waals surface area contributed by atoms with Crippen molar-refractivity contribution in [1.82, 2.24) is 9.97 Å². The maximum atomic E-state index is 13.0. The molecule has 1 unspecified atom stereocenters. The summed E-state index contributed by atoms with van der Waals surface area (Å²) >= 11 is 7.33. The number of thioether (sulfide) groups is 1. The lowest BCUT2D eigenvalue weighted by Crippen LogP contribution is -2.19. The molecule has 0 fully saturated rings. The SMILES string of the molecule is Cc1ccc(NC(=O)C(Sc2nc(N)cc(N)n2)c2ccccc2)cc1Cl. The molecule has 0 aliphatic heterocycles. The molecule has 0 aliphatic carbocycles. The molecule has 0 spiro atoms. The largest absolute Gasteiger partial charge is 0.383 e. The van der Waals surface area contributed by atoms with Gasteiger partial charge < -0.3 is 16.8 Å². The van der Waals surface area contributed by atoms with Crippen LogP contribution in [0.15, 0.2) is 59.8 Å². The van der Waals surface area contributed by atoms with Gasteiger partial charge in [-0.3, -0.25) is 4.79 Å². The van der Waals surface area contributed by atoms with Gasteiger partial charge in [0.2, 0.25) is 5.91 Å². The number of hydrogen-bond donors (Lipinski definition) is 3. The van der Waals surface area contributed by atoms with Crippen LogP contribution in [0.3, 0.4) is 0 Å². The molecule has 0 saturated carbocycles. The predicted molar refractivity (Wildman–Crippen MR) is 111 cm³/mol. The molecule has 8 heteroatoms. The molecule has 6 nitrogen and oxygen atoms in total. The zero-order chi connectivity index (χ0) is 19.4. The third-order valence-electron chi connectivity index (χ3n) is 3.75. The molecule has 3 aromatic rings. The summed E-state index contributed by atoms with van der Waals surface area (Å²) in [5.41, 5.74) is 13.9. The number of hydrogen-bond acceptors (Lipinski definition) is 6. The molecule has 1 heterocycles. The van der Waals surface area contributed by atoms with Crippen LogP contribution in [0.2, 0.25) is 5.02 Å². The maximum absolute atomic E-state index is 13.0. The lowest BCUT2D eigenvalue weighted by Gasteiger charge is -2.17. The zero-order valence-corrected chi connectivity index (χ0v) is 16.1. The molecule has 2 aromatic carbocycles. The third kappa shape index (κ3) is 4.90. The van der Waals surface area contributed by atoms with E-state index in [0.717, 1.165) is 11.1 Å². The highest BCUT2D eigenvalue weighted by atomic mass is 35.5. The first kappa shape index (κ1) is 19.0. The second kappa shape index (κ2) is 8.28. The van der Waals surface area contributed by atoms with Gasteiger partial charge in [-0.1, -0.05) is 59.8 Å². The highest BCUT2D eigenvalue weighted by Gasteiger charge is 2.24. The monoisotopic (exact) mass is 399 g/mol. The molecule has 138 valence electrons. The molecule has 5 N–H and O–H groups in total. The molecule has 3 rings (SSSR count). The van der Waals surface area contributed by atoms with E-state index in [1.165, 1.54) is 17.8 Å². The first-order valence-corrected chi connectivity index (χ1v) is 9.37. The Bertz CT molecular complexity index is 947. The second-order valence-corrected chi connectivity index (χ2v) is 7.34. The fourth-order valence-electron chi connectivity index (χ4n) is 2.40. The minimum Gasteiger partial charge on any atom is -0.383 e. The quantitative estimate of drug-likeness (QED) is 0.441. The molecule has 1 aromatic heterocycles. The minimum absolute atomic E-state index is 0.226. The highest BCUT2D eigenvalue weighted by molar-refractivity contribution is 8.00. The number of amides is 1. The Hall–Kier alpha value is -2.77. The van der Waals surface area contributed by atoms with Crippen molar-refractivity contribution in [3.63, 3.8) is 0 Å². The van der Waals surface area contributed by atoms with Crippen LogP contribution >= 0.6 is 23.4 Å². The van der Waals surface area contributed by atoms with Crippen LogP contribution in [0.4, 0.5) is 17.3 Å². The van der Waals surface area contributed by atoms with Crippen molar-refractivity contribution >= 4 is 46.6 Å². The van der Waals surface area contributed by atoms with Crippen molar-refractivity contribution in [1.29, 1.82) is 0 Å². The third-order valence-corrected chi connectivity index (χ3v) is 5.27. The van der Waals surface area contributed by atoms with E-state index in [9.17, 15) is 4.79 Å². The highest BCUT2D eigenvalue weighted by Crippen LogP contribution is 2.35. The van der Waals surface area contributed by atoms with Gasteiger partial charge in [0.05, 0.1) is 0 Å². The van der Waals surface area contributed by atoms with E-state index in [2.05, 4.69) is 15.3 Å². The average Bonchev–Trinajstić information content (AvgIpc) is 2.62. The number of anilines is 3. The van der Waals surface area contributed by atoms with Crippen molar-refractivity contribution < 1.29 is 4.79 Å². The van der Waals surface area contributed by atoms with Crippen molar-refractivity contribution in [2.24, 2.45) is 0 Å². The lowest BCUT2D eigenvalue weighted by molar-refractivity contribution is -0.115. The number of nitrogen functional groups attached to an aromatic ring is 2. The molecule has 0 bridgehead atoms. The van der Waals surface area contributed by atoms with Gasteiger partial charge in [0.25, 0.3) is 0 Å². The number of carbonyl (C=O) groups excluding carboxylic acids is 1. The van der Waals surface area contributed by atoms with Crippen LogP contribution in [-0.2, 0) is 4.79 Å². The van der Waals surface area contributed by atoms with E-state index in [0.29, 0.717) is 15.9 Å². The van der Waals surface area contributed by atoms with E-state index >= 15 is 0 Å². The summed E-state index contributed by atoms with van der Waals surface area (Å²) in [5, 5.41) is 3.22. The van der Waals surface area contributed by atoms with Crippen LogP contribution in [0.25, 0.3) is 0 Å². The normalized spacial score (nSPS) is 11.8. The Morgan fingerprint density at radius 3 is 2.37 bits per heavy atom. The van der Waals surface area contributed by atoms with E-state index in [1.54, 1.807) is 12.1 Å². The van der Waals surface area contributed by atoms with Crippen LogP contribution in [-0.4, -0.2) is 15.9 Å². The summed E-state index contributed by atoms with van der Waals surface area (Å²) < 4.78 is 0. The summed E-state index contributed by atoms with van der Waals surface area (Å²) in [7, 11) is 0. The van der Waals surface area contributed by atoms with Gasteiger partial charge in [-0.25, -0.2) is 9.97 Å². The second-order valence-electron chi connectivity index (χ2n) is 5.86. The Morgan fingerprint density at radius 1 is 1.07 bits per heavy atom. The first-order chi connectivity index (χ1) is 12.9. The van der Waals surface area contributed by atoms with Crippen LogP contribution < -0.4 is 16.8 Å². The summed E-state index contributed by atoms with van der Waals surface area (Å²) in [6.45, 7) is 1.90. The summed E-state index contributed by atoms with van der Waals surface area (Å²) in [5.74, 6) is 0.279. The molecular weight excluding hydrogens is 382 g/mol. The average molecular weight is 400 g/mol. The van der Waals surface area contributed by atoms with Crippen LogP contribution in [0.1, 0.15) is 16.4 Å². The fraction of sp³-hybridized carbons (Fsp3) is 0.105. The number of benzene rings is 2. The Morgan fingerprint density at radius 2 is 1.74 bits per heavy atom. The van der Waals surface area contributed by atoms with Crippen molar-refractivity contribution in [3.8, 4) is 0 Å². The minimum atomic E-state index is -0.590. The van der Waals surface area contributed by atoms with Gasteiger partial charge in [0.1, 0.15) is 16.9 Å². The van der Waals surface area contributed by atoms with Gasteiger partial charge in [0, 0.05) is 16.8 Å². The molecule has 27 heavy (non-hydrogen) atoms. The Labute approximate surface area is 166 Å². The number of nitrogens with two attached hydrogens (primary N) is 2. The van der Waals surface area contributed by atoms with Crippen molar-refractivity contribution in [2.75, 3.05) is 16.8 Å². The molecule has 0 aliphatic rings. The van der Waals surface area contributed by atoms with Gasteiger partial charge in [-0.15, -0.1) is 0 Å². The van der Waals surface area contributed by atoms with E-state index in [-0.39, 0.29) is 17.5 Å². The van der Waals surface area contributed by atoms with Crippen LogP contribution in [0.5, 0.6) is 0 Å². The van der Waals surface area contributed by atoms with Crippen molar-refractivity contribution in [2.45, 2.75) is 17.3 Å². The number of carbonyl (C=O) groups is 1. The number of aryl methyl sites for hydroxylation is 1. The summed E-state index contributed by atoms with van der Waals surface area (Å²) in [6.07, 6.45) is 0. The summed E-state index contributed by atoms with van der Waals surface area (Å²) in [6, 6.07) is 16.2. The van der Waals surface area contributed by atoms with Crippen LogP contribution in [0, 0.1) is 6.92 Å². The van der Waals surface area contributed by atoms with E-state index in [1.807, 2.05) is 43.3 Å². The van der Waals surface area contributed by atoms with Gasteiger partial charge in [0.15, 0.2) is 5.16 Å². The number of nitrogens with zero attached hydrogens (tertiary/aromatic N) is 2. The topological polar surface area (TPSA) is 107 Å². The number of rotatable bonds is 5. The smallest absolute Gasteiger partial charge is 0.242 e. The summed E-state index contributed by atoms with van der Waals surface area (Å²) in [4.78, 5) is 21.3. The molecule has 1 amide bonds. The number of nitrogens with one attached hydrogen (secondary N) is 1. The Kier molecular flexibility index (Phi) is 5.83. The molecule has 1 atom stereocenters. The first-order valence-electron chi connectivity index (χ1n) is 8.11. The van der Waals surface area contributed by atoms with Gasteiger partial charge >= 0.3 is 0 Å². The Balaban J connectivity index is 1.89. The van der Waals surface area contributed by atoms with E-state index in [4.69, 9.17) is 23.1 Å². The molecular formula is C19H18ClN5OS. The molecule has 0 saturated heterocycles. The lowest BCUT2D eigenvalue weighted by atomic mass is 10.1. The maximum Gasteiger partial charge on any atom is 0.242 e. The standard InChI is InChI=1S/C19H18ClN5OS/c1-11-7-8-13(9-14(11)20)23-18(26)17(12-5-3-2-4-6-12)27-19-24-15(21)10-16(22)25-19/h2-10,17H,1H3,(H,23,26)(H4,21,22,24,25). The van der Waals surface area contributed by atoms with E-state index < -0.39 is 5.25 Å². The molecule has 0 radical (unpaired) electrons. The zero-order valence-electron chi connectivity index (χ0n) is 14.5. The number of aromatic nitrogens is 2. The van der Waals surface area contributed by atoms with Gasteiger partial charge in [-0.05, 0) is 30.2 Å². The predicted octanol–water partition coefficient (Wildman–Crippen LogP) is 4.07. The van der Waals surface area contributed by atoms with Crippen molar-refractivity contribution in [3.05, 3.63) is 70.7 Å². The fourth-order valence-corrected chi connectivity index (χ4v) is 3.57. The van der Waals surface area contributed by atoms with Gasteiger partial charge in [-0.2, -0.15) is 0 Å².